The van der Waals surface area contributed by atoms with Crippen molar-refractivity contribution in [3.63, 3.8) is 0 Å². The van der Waals surface area contributed by atoms with E-state index in [-0.39, 0.29) is 17.2 Å². The second-order valence-corrected chi connectivity index (χ2v) is 5.99. The van der Waals surface area contributed by atoms with Crippen LogP contribution in [0.3, 0.4) is 0 Å². The zero-order valence-electron chi connectivity index (χ0n) is 13.7. The number of nitrogens with one attached hydrogen (secondary N) is 1. The lowest BCUT2D eigenvalue weighted by Crippen LogP contribution is -2.48. The fourth-order valence-corrected chi connectivity index (χ4v) is 2.31. The van der Waals surface area contributed by atoms with E-state index in [0.29, 0.717) is 5.56 Å². The van der Waals surface area contributed by atoms with Gasteiger partial charge in [0.1, 0.15) is 18.2 Å². The molecule has 8 heteroatoms. The highest BCUT2D eigenvalue weighted by Gasteiger charge is 2.28. The topological polar surface area (TPSA) is 75.6 Å². The summed E-state index contributed by atoms with van der Waals surface area (Å²) in [6.45, 7) is 1.02. The van der Waals surface area contributed by atoms with Crippen LogP contribution in [0.15, 0.2) is 42.5 Å². The first kappa shape index (κ1) is 19.8. The van der Waals surface area contributed by atoms with Crippen molar-refractivity contribution in [3.8, 4) is 0 Å². The molecule has 0 aliphatic carbocycles. The van der Waals surface area contributed by atoms with Gasteiger partial charge in [0.25, 0.3) is 5.91 Å². The summed E-state index contributed by atoms with van der Waals surface area (Å²) in [4.78, 5) is 24.3. The summed E-state index contributed by atoms with van der Waals surface area (Å²) in [6.07, 6.45) is -1.30. The largest absolute Gasteiger partial charge is 0.459 e. The SMILES string of the molecule is C[C@@H](O)[C@@H](NC(=O)c1cc(Cl)ccc1F)C(=O)OCc1cccc(F)c1. The molecular formula is C18H16ClF2NO4. The fraction of sp³-hybridized carbons (Fsp3) is 0.222. The number of carbonyl (C=O) groups is 2. The quantitative estimate of drug-likeness (QED) is 0.752. The van der Waals surface area contributed by atoms with Gasteiger partial charge in [0.05, 0.1) is 11.7 Å². The molecule has 0 saturated carbocycles. The van der Waals surface area contributed by atoms with E-state index < -0.39 is 35.7 Å². The van der Waals surface area contributed by atoms with Gasteiger partial charge in [-0.2, -0.15) is 0 Å². The third-order valence-corrected chi connectivity index (χ3v) is 3.70. The van der Waals surface area contributed by atoms with Gasteiger partial charge in [-0.15, -0.1) is 0 Å². The minimum absolute atomic E-state index is 0.138. The third kappa shape index (κ3) is 5.24. The molecule has 0 heterocycles. The zero-order valence-corrected chi connectivity index (χ0v) is 14.5. The first-order valence-electron chi connectivity index (χ1n) is 7.63. The molecule has 0 fully saturated rings. The van der Waals surface area contributed by atoms with E-state index >= 15 is 0 Å². The maximum atomic E-state index is 13.7. The number of hydrogen-bond acceptors (Lipinski definition) is 4. The Hall–Kier alpha value is -2.51. The van der Waals surface area contributed by atoms with E-state index in [0.717, 1.165) is 12.1 Å². The number of ether oxygens (including phenoxy) is 1. The first-order valence-corrected chi connectivity index (χ1v) is 8.01. The molecule has 0 spiro atoms. The highest BCUT2D eigenvalue weighted by Crippen LogP contribution is 2.15. The number of aliphatic hydroxyl groups is 1. The Morgan fingerprint density at radius 3 is 2.62 bits per heavy atom. The minimum atomic E-state index is -1.44. The highest BCUT2D eigenvalue weighted by molar-refractivity contribution is 6.31. The van der Waals surface area contributed by atoms with E-state index in [1.807, 2.05) is 0 Å². The Kier molecular flexibility index (Phi) is 6.65. The zero-order chi connectivity index (χ0) is 19.3. The molecule has 1 amide bonds. The predicted octanol–water partition coefficient (Wildman–Crippen LogP) is 2.84. The standard InChI is InChI=1S/C18H16ClF2NO4/c1-10(23)16(18(25)26-9-11-3-2-4-13(20)7-11)22-17(24)14-8-12(19)5-6-15(14)21/h2-8,10,16,23H,9H2,1H3,(H,22,24)/t10-,16-/m1/s1. The van der Waals surface area contributed by atoms with E-state index in [2.05, 4.69) is 5.32 Å². The van der Waals surface area contributed by atoms with Crippen LogP contribution in [0.4, 0.5) is 8.78 Å². The molecule has 0 aliphatic rings. The second-order valence-electron chi connectivity index (χ2n) is 5.55. The summed E-state index contributed by atoms with van der Waals surface area (Å²) >= 11 is 5.73. The summed E-state index contributed by atoms with van der Waals surface area (Å²) in [5.41, 5.74) is 0.0241. The average Bonchev–Trinajstić information content (AvgIpc) is 2.59. The molecule has 0 saturated heterocycles. The number of hydrogen-bond donors (Lipinski definition) is 2. The molecule has 2 aromatic carbocycles. The molecule has 0 aromatic heterocycles. The molecule has 2 rings (SSSR count). The molecule has 0 aliphatic heterocycles. The average molecular weight is 384 g/mol. The summed E-state index contributed by atoms with van der Waals surface area (Å²) in [7, 11) is 0. The van der Waals surface area contributed by atoms with Crippen molar-refractivity contribution >= 4 is 23.5 Å². The van der Waals surface area contributed by atoms with E-state index in [4.69, 9.17) is 16.3 Å². The van der Waals surface area contributed by atoms with Crippen molar-refractivity contribution in [1.82, 2.24) is 5.32 Å². The number of carbonyl (C=O) groups excluding carboxylic acids is 2. The normalized spacial score (nSPS) is 13.0. The second kappa shape index (κ2) is 8.73. The van der Waals surface area contributed by atoms with Gasteiger partial charge in [0.2, 0.25) is 0 Å². The van der Waals surface area contributed by atoms with Crippen LogP contribution in [0.5, 0.6) is 0 Å². The van der Waals surface area contributed by atoms with Gasteiger partial charge in [0.15, 0.2) is 6.04 Å². The van der Waals surface area contributed by atoms with Crippen LogP contribution < -0.4 is 5.32 Å². The van der Waals surface area contributed by atoms with Crippen molar-refractivity contribution in [2.75, 3.05) is 0 Å². The van der Waals surface area contributed by atoms with Crippen molar-refractivity contribution < 1.29 is 28.2 Å². The van der Waals surface area contributed by atoms with Gasteiger partial charge in [-0.05, 0) is 42.8 Å². The van der Waals surface area contributed by atoms with E-state index in [1.165, 1.54) is 31.2 Å². The number of aliphatic hydroxyl groups excluding tert-OH is 1. The molecular weight excluding hydrogens is 368 g/mol. The van der Waals surface area contributed by atoms with Gasteiger partial charge in [0, 0.05) is 5.02 Å². The maximum absolute atomic E-state index is 13.7. The molecule has 0 bridgehead atoms. The number of amides is 1. The smallest absolute Gasteiger partial charge is 0.331 e. The van der Waals surface area contributed by atoms with Gasteiger partial charge in [-0.1, -0.05) is 23.7 Å². The van der Waals surface area contributed by atoms with Crippen LogP contribution in [-0.2, 0) is 16.1 Å². The summed E-state index contributed by atoms with van der Waals surface area (Å²) in [5.74, 6) is -3.20. The number of benzene rings is 2. The van der Waals surface area contributed by atoms with Gasteiger partial charge in [-0.25, -0.2) is 13.6 Å². The Balaban J connectivity index is 2.06. The lowest BCUT2D eigenvalue weighted by Gasteiger charge is -2.20. The van der Waals surface area contributed by atoms with Crippen LogP contribution in [0.25, 0.3) is 0 Å². The summed E-state index contributed by atoms with van der Waals surface area (Å²) in [6, 6.07) is 7.37. The maximum Gasteiger partial charge on any atom is 0.331 e. The molecule has 26 heavy (non-hydrogen) atoms. The lowest BCUT2D eigenvalue weighted by molar-refractivity contribution is -0.150. The molecule has 0 radical (unpaired) electrons. The Labute approximate surface area is 153 Å². The van der Waals surface area contributed by atoms with Crippen molar-refractivity contribution in [1.29, 1.82) is 0 Å². The monoisotopic (exact) mass is 383 g/mol. The molecule has 138 valence electrons. The Morgan fingerprint density at radius 1 is 1.23 bits per heavy atom. The van der Waals surface area contributed by atoms with Crippen LogP contribution in [-0.4, -0.2) is 29.1 Å². The molecule has 5 nitrogen and oxygen atoms in total. The Bertz CT molecular complexity index is 814. The molecule has 0 unspecified atom stereocenters. The van der Waals surface area contributed by atoms with Crippen LogP contribution >= 0.6 is 11.6 Å². The third-order valence-electron chi connectivity index (χ3n) is 3.47. The molecule has 2 atom stereocenters. The van der Waals surface area contributed by atoms with Crippen molar-refractivity contribution in [2.45, 2.75) is 25.7 Å². The minimum Gasteiger partial charge on any atom is -0.459 e. The summed E-state index contributed by atoms with van der Waals surface area (Å²) < 4.78 is 31.9. The highest BCUT2D eigenvalue weighted by atomic mass is 35.5. The molecule has 2 aromatic rings. The number of esters is 1. The predicted molar refractivity (Wildman–Crippen MR) is 90.5 cm³/mol. The van der Waals surface area contributed by atoms with Crippen molar-refractivity contribution in [2.24, 2.45) is 0 Å². The van der Waals surface area contributed by atoms with Crippen LogP contribution in [0.2, 0.25) is 5.02 Å². The number of rotatable bonds is 6. The molecule has 2 N–H and O–H groups in total. The summed E-state index contributed by atoms with van der Waals surface area (Å²) in [5, 5.41) is 12.1. The lowest BCUT2D eigenvalue weighted by atomic mass is 10.1. The van der Waals surface area contributed by atoms with Crippen LogP contribution in [0.1, 0.15) is 22.8 Å². The van der Waals surface area contributed by atoms with Gasteiger partial charge >= 0.3 is 5.97 Å². The van der Waals surface area contributed by atoms with Crippen molar-refractivity contribution in [3.05, 3.63) is 70.2 Å². The number of halogens is 3. The van der Waals surface area contributed by atoms with Gasteiger partial charge in [-0.3, -0.25) is 4.79 Å². The first-order chi connectivity index (χ1) is 12.3. The van der Waals surface area contributed by atoms with E-state index in [1.54, 1.807) is 6.07 Å². The Morgan fingerprint density at radius 2 is 1.96 bits per heavy atom. The van der Waals surface area contributed by atoms with E-state index in [9.17, 15) is 23.5 Å². The van der Waals surface area contributed by atoms with Crippen LogP contribution in [0, 0.1) is 11.6 Å². The fourth-order valence-electron chi connectivity index (χ4n) is 2.14. The van der Waals surface area contributed by atoms with Gasteiger partial charge < -0.3 is 15.2 Å².